The number of rotatable bonds is 2. The van der Waals surface area contributed by atoms with E-state index in [0.717, 1.165) is 38.4 Å². The van der Waals surface area contributed by atoms with E-state index >= 15 is 0 Å². The van der Waals surface area contributed by atoms with E-state index < -0.39 is 17.2 Å². The lowest BCUT2D eigenvalue weighted by Crippen LogP contribution is -2.52. The lowest BCUT2D eigenvalue weighted by atomic mass is 9.80. The van der Waals surface area contributed by atoms with Gasteiger partial charge in [-0.1, -0.05) is 6.07 Å². The number of piperidine rings is 1. The smallest absolute Gasteiger partial charge is 0.223 e. The summed E-state index contributed by atoms with van der Waals surface area (Å²) in [5.41, 5.74) is 0.237. The zero-order valence-electron chi connectivity index (χ0n) is 11.3. The first kappa shape index (κ1) is 13.5. The fraction of sp³-hybridized carbons (Fsp3) is 0.533. The van der Waals surface area contributed by atoms with Gasteiger partial charge in [0.1, 0.15) is 0 Å². The van der Waals surface area contributed by atoms with E-state index in [0.29, 0.717) is 18.5 Å². The summed E-state index contributed by atoms with van der Waals surface area (Å²) in [7, 11) is 0. The van der Waals surface area contributed by atoms with Crippen LogP contribution in [-0.4, -0.2) is 30.4 Å². The van der Waals surface area contributed by atoms with E-state index in [4.69, 9.17) is 0 Å². The van der Waals surface area contributed by atoms with Crippen LogP contribution in [0.2, 0.25) is 0 Å². The van der Waals surface area contributed by atoms with Gasteiger partial charge in [-0.15, -0.1) is 0 Å². The molecular formula is C15H18F2N2O. The standard InChI is InChI=1S/C15H18F2N2O/c16-12-4-3-11(10-13(12)17)15(5-7-18-8-6-15)19-9-1-2-14(19)20/h3-4,10,18H,1-2,5-9H2. The Balaban J connectivity index is 2.04. The fourth-order valence-corrected chi connectivity index (χ4v) is 3.44. The molecule has 2 fully saturated rings. The Kier molecular flexibility index (Phi) is 3.46. The summed E-state index contributed by atoms with van der Waals surface area (Å²) in [6.45, 7) is 2.27. The largest absolute Gasteiger partial charge is 0.333 e. The highest BCUT2D eigenvalue weighted by Gasteiger charge is 2.43. The van der Waals surface area contributed by atoms with Crippen molar-refractivity contribution < 1.29 is 13.6 Å². The van der Waals surface area contributed by atoms with Crippen LogP contribution in [-0.2, 0) is 10.3 Å². The monoisotopic (exact) mass is 280 g/mol. The second-order valence-corrected chi connectivity index (χ2v) is 5.56. The topological polar surface area (TPSA) is 32.3 Å². The van der Waals surface area contributed by atoms with Crippen LogP contribution < -0.4 is 5.32 Å². The van der Waals surface area contributed by atoms with Gasteiger partial charge >= 0.3 is 0 Å². The highest BCUT2D eigenvalue weighted by molar-refractivity contribution is 5.79. The van der Waals surface area contributed by atoms with Crippen molar-refractivity contribution in [2.45, 2.75) is 31.2 Å². The fourth-order valence-electron chi connectivity index (χ4n) is 3.44. The van der Waals surface area contributed by atoms with E-state index in [9.17, 15) is 13.6 Å². The number of nitrogens with one attached hydrogen (secondary N) is 1. The average molecular weight is 280 g/mol. The molecule has 0 bridgehead atoms. The molecule has 0 aromatic heterocycles. The number of hydrogen-bond donors (Lipinski definition) is 1. The van der Waals surface area contributed by atoms with Crippen molar-refractivity contribution in [3.8, 4) is 0 Å². The Morgan fingerprint density at radius 3 is 2.50 bits per heavy atom. The second-order valence-electron chi connectivity index (χ2n) is 5.56. The maximum Gasteiger partial charge on any atom is 0.223 e. The third-order valence-corrected chi connectivity index (χ3v) is 4.48. The van der Waals surface area contributed by atoms with Crippen LogP contribution in [0.5, 0.6) is 0 Å². The molecule has 3 rings (SSSR count). The molecule has 0 radical (unpaired) electrons. The molecule has 1 aromatic rings. The minimum Gasteiger partial charge on any atom is -0.333 e. The number of carbonyl (C=O) groups is 1. The molecule has 1 N–H and O–H groups in total. The van der Waals surface area contributed by atoms with E-state index in [1.54, 1.807) is 6.07 Å². The molecule has 2 heterocycles. The van der Waals surface area contributed by atoms with Gasteiger partial charge in [-0.25, -0.2) is 8.78 Å². The van der Waals surface area contributed by atoms with Crippen LogP contribution in [0.1, 0.15) is 31.2 Å². The van der Waals surface area contributed by atoms with Crippen molar-refractivity contribution >= 4 is 5.91 Å². The molecular weight excluding hydrogens is 262 g/mol. The third-order valence-electron chi connectivity index (χ3n) is 4.48. The normalized spacial score (nSPS) is 22.3. The van der Waals surface area contributed by atoms with Crippen molar-refractivity contribution in [2.24, 2.45) is 0 Å². The Morgan fingerprint density at radius 1 is 1.15 bits per heavy atom. The summed E-state index contributed by atoms with van der Waals surface area (Å²) < 4.78 is 26.8. The van der Waals surface area contributed by atoms with Gasteiger partial charge in [0.15, 0.2) is 11.6 Å². The molecule has 0 spiro atoms. The van der Waals surface area contributed by atoms with Gasteiger partial charge in [0.05, 0.1) is 5.54 Å². The molecule has 2 aliphatic rings. The van der Waals surface area contributed by atoms with Gasteiger partial charge in [0.25, 0.3) is 0 Å². The molecule has 0 aliphatic carbocycles. The summed E-state index contributed by atoms with van der Waals surface area (Å²) >= 11 is 0. The summed E-state index contributed by atoms with van der Waals surface area (Å²) in [4.78, 5) is 14.0. The van der Waals surface area contributed by atoms with Gasteiger partial charge in [0, 0.05) is 13.0 Å². The number of amides is 1. The number of carbonyl (C=O) groups excluding carboxylic acids is 1. The predicted molar refractivity (Wildman–Crippen MR) is 71.1 cm³/mol. The Labute approximate surface area is 117 Å². The molecule has 20 heavy (non-hydrogen) atoms. The summed E-state index contributed by atoms with van der Waals surface area (Å²) in [6.07, 6.45) is 2.88. The molecule has 1 aromatic carbocycles. The minimum atomic E-state index is -0.842. The first-order chi connectivity index (χ1) is 9.63. The summed E-state index contributed by atoms with van der Waals surface area (Å²) in [5, 5.41) is 3.27. The Hall–Kier alpha value is -1.49. The predicted octanol–water partition coefficient (Wildman–Crippen LogP) is 2.17. The zero-order chi connectivity index (χ0) is 14.2. The van der Waals surface area contributed by atoms with Crippen molar-refractivity contribution in [1.29, 1.82) is 0 Å². The van der Waals surface area contributed by atoms with Crippen LogP contribution in [0.4, 0.5) is 8.78 Å². The maximum atomic E-state index is 13.6. The quantitative estimate of drug-likeness (QED) is 0.900. The summed E-state index contributed by atoms with van der Waals surface area (Å²) in [5.74, 6) is -1.56. The van der Waals surface area contributed by atoms with Gasteiger partial charge in [0.2, 0.25) is 5.91 Å². The Morgan fingerprint density at radius 2 is 1.90 bits per heavy atom. The number of halogens is 2. The number of benzene rings is 1. The lowest BCUT2D eigenvalue weighted by Gasteiger charge is -2.45. The zero-order valence-corrected chi connectivity index (χ0v) is 11.3. The minimum absolute atomic E-state index is 0.122. The van der Waals surface area contributed by atoms with E-state index in [1.165, 1.54) is 6.07 Å². The van der Waals surface area contributed by atoms with Crippen LogP contribution in [0, 0.1) is 11.6 Å². The molecule has 0 atom stereocenters. The van der Waals surface area contributed by atoms with Crippen molar-refractivity contribution in [2.75, 3.05) is 19.6 Å². The van der Waals surface area contributed by atoms with E-state index in [-0.39, 0.29) is 5.91 Å². The molecule has 3 nitrogen and oxygen atoms in total. The van der Waals surface area contributed by atoms with Crippen LogP contribution in [0.15, 0.2) is 18.2 Å². The van der Waals surface area contributed by atoms with Gasteiger partial charge < -0.3 is 10.2 Å². The number of nitrogens with zero attached hydrogens (tertiary/aromatic N) is 1. The van der Waals surface area contributed by atoms with Crippen molar-refractivity contribution in [1.82, 2.24) is 10.2 Å². The third kappa shape index (κ3) is 2.10. The summed E-state index contributed by atoms with van der Waals surface area (Å²) in [6, 6.07) is 4.04. The van der Waals surface area contributed by atoms with E-state index in [2.05, 4.69) is 5.32 Å². The van der Waals surface area contributed by atoms with Gasteiger partial charge in [-0.2, -0.15) is 0 Å². The van der Waals surface area contributed by atoms with Crippen molar-refractivity contribution in [3.63, 3.8) is 0 Å². The first-order valence-electron chi connectivity index (χ1n) is 7.10. The molecule has 1 amide bonds. The van der Waals surface area contributed by atoms with Crippen LogP contribution >= 0.6 is 0 Å². The average Bonchev–Trinajstić information content (AvgIpc) is 2.89. The molecule has 2 aliphatic heterocycles. The first-order valence-corrected chi connectivity index (χ1v) is 7.10. The van der Waals surface area contributed by atoms with Gasteiger partial charge in [-0.3, -0.25) is 4.79 Å². The number of likely N-dealkylation sites (tertiary alicyclic amines) is 1. The van der Waals surface area contributed by atoms with Crippen LogP contribution in [0.3, 0.4) is 0 Å². The van der Waals surface area contributed by atoms with Gasteiger partial charge in [-0.05, 0) is 50.0 Å². The second kappa shape index (κ2) is 5.13. The van der Waals surface area contributed by atoms with Crippen molar-refractivity contribution in [3.05, 3.63) is 35.4 Å². The lowest BCUT2D eigenvalue weighted by molar-refractivity contribution is -0.134. The highest BCUT2D eigenvalue weighted by Crippen LogP contribution is 2.40. The van der Waals surface area contributed by atoms with E-state index in [1.807, 2.05) is 4.90 Å². The molecule has 0 unspecified atom stereocenters. The maximum absolute atomic E-state index is 13.6. The highest BCUT2D eigenvalue weighted by atomic mass is 19.2. The molecule has 5 heteroatoms. The molecule has 108 valence electrons. The Bertz CT molecular complexity index is 527. The van der Waals surface area contributed by atoms with Crippen LogP contribution in [0.25, 0.3) is 0 Å². The molecule has 0 saturated carbocycles. The molecule has 2 saturated heterocycles. The SMILES string of the molecule is O=C1CCCN1C1(c2ccc(F)c(F)c2)CCNCC1. The number of hydrogen-bond acceptors (Lipinski definition) is 2.